The van der Waals surface area contributed by atoms with Crippen molar-refractivity contribution in [1.29, 1.82) is 0 Å². The Morgan fingerprint density at radius 2 is 1.12 bits per heavy atom. The zero-order chi connectivity index (χ0) is 39.1. The van der Waals surface area contributed by atoms with Crippen LogP contribution in [-0.2, 0) is 38.4 Å². The summed E-state index contributed by atoms with van der Waals surface area (Å²) in [6.45, 7) is 2.89. The molecule has 0 saturated heterocycles. The highest BCUT2D eigenvalue weighted by Gasteiger charge is 2.31. The maximum atomic E-state index is 13.3. The Morgan fingerprint density at radius 3 is 1.56 bits per heavy atom. The first-order chi connectivity index (χ1) is 24.6. The molecule has 1 aliphatic rings. The van der Waals surface area contributed by atoms with Gasteiger partial charge in [-0.2, -0.15) is 23.5 Å². The van der Waals surface area contributed by atoms with Crippen molar-refractivity contribution in [1.82, 2.24) is 21.3 Å². The molecule has 1 fully saturated rings. The van der Waals surface area contributed by atoms with Crippen molar-refractivity contribution in [3.8, 4) is 0 Å². The lowest BCUT2D eigenvalue weighted by molar-refractivity contribution is -0.129. The largest absolute Gasteiger partial charge is 0.349 e. The summed E-state index contributed by atoms with van der Waals surface area (Å²) < 4.78 is 14.7. The second kappa shape index (κ2) is 28.3. The van der Waals surface area contributed by atoms with Crippen LogP contribution >= 0.6 is 63.6 Å². The van der Waals surface area contributed by atoms with Crippen molar-refractivity contribution < 1.29 is 41.1 Å². The van der Waals surface area contributed by atoms with Gasteiger partial charge in [0.25, 0.3) is 0 Å². The van der Waals surface area contributed by atoms with Crippen LogP contribution in [0.5, 0.6) is 0 Å². The number of Topliss-reactive ketones (excluding diaryl/α,β-unsaturated/α-hetero) is 4. The third kappa shape index (κ3) is 22.0. The molecule has 0 spiro atoms. The van der Waals surface area contributed by atoms with E-state index in [-0.39, 0.29) is 68.3 Å². The smallest absolute Gasteiger partial charge is 0.221 e. The van der Waals surface area contributed by atoms with Crippen molar-refractivity contribution in [2.24, 2.45) is 0 Å². The highest BCUT2D eigenvalue weighted by Crippen LogP contribution is 2.40. The van der Waals surface area contributed by atoms with Crippen LogP contribution in [0, 0.1) is 0 Å². The first-order valence-corrected chi connectivity index (χ1v) is 22.6. The van der Waals surface area contributed by atoms with E-state index in [1.165, 1.54) is 59.9 Å². The second-order valence-electron chi connectivity index (χ2n) is 11.6. The Balaban J connectivity index is 2.64. The van der Waals surface area contributed by atoms with E-state index in [2.05, 4.69) is 28.2 Å². The molecule has 8 unspecified atom stereocenters. The summed E-state index contributed by atoms with van der Waals surface area (Å²) in [6.07, 6.45) is 2.85. The Morgan fingerprint density at radius 1 is 0.680 bits per heavy atom. The lowest BCUT2D eigenvalue weighted by Crippen LogP contribution is -2.43. The Hall–Kier alpha value is -1.18. The van der Waals surface area contributed by atoms with Crippen LogP contribution in [0.3, 0.4) is 0 Å². The molecule has 4 amide bonds. The van der Waals surface area contributed by atoms with Crippen molar-refractivity contribution in [3.63, 3.8) is 0 Å². The van der Waals surface area contributed by atoms with Crippen molar-refractivity contribution in [2.45, 2.75) is 101 Å². The van der Waals surface area contributed by atoms with E-state index in [1.807, 2.05) is 42.0 Å². The molecular weight excluding hydrogens is 759 g/mol. The van der Waals surface area contributed by atoms with Gasteiger partial charge in [-0.05, 0) is 44.1 Å². The highest BCUT2D eigenvalue weighted by molar-refractivity contribution is 8.76. The lowest BCUT2D eigenvalue weighted by Gasteiger charge is -2.35. The van der Waals surface area contributed by atoms with Crippen molar-refractivity contribution >= 4 is 110 Å². The van der Waals surface area contributed by atoms with Crippen LogP contribution in [0.25, 0.3) is 0 Å². The molecule has 0 aliphatic heterocycles. The fourth-order valence-corrected chi connectivity index (χ4v) is 10.0. The summed E-state index contributed by atoms with van der Waals surface area (Å²) in [6, 6.07) is -1.69. The number of ketones is 4. The highest BCUT2D eigenvalue weighted by atomic mass is 33.1. The fourth-order valence-electron chi connectivity index (χ4n) is 4.22. The molecule has 18 heteroatoms. The van der Waals surface area contributed by atoms with Gasteiger partial charge < -0.3 is 21.3 Å². The molecule has 0 aromatic rings. The molecule has 1 saturated carbocycles. The summed E-state index contributed by atoms with van der Waals surface area (Å²) in [5.41, 5.74) is 0. The molecule has 1 aliphatic carbocycles. The topological polar surface area (TPSA) is 185 Å². The summed E-state index contributed by atoms with van der Waals surface area (Å²) in [5, 5.41) is 11.4. The molecule has 50 heavy (non-hydrogen) atoms. The van der Waals surface area contributed by atoms with Crippen LogP contribution in [0.4, 0.5) is 0 Å². The predicted molar refractivity (Wildman–Crippen MR) is 214 cm³/mol. The number of unbranched alkanes of at least 4 members (excludes halogenated alkanes) is 1. The Labute approximate surface area is 320 Å². The van der Waals surface area contributed by atoms with Gasteiger partial charge in [-0.15, -0.1) is 18.5 Å². The van der Waals surface area contributed by atoms with E-state index in [9.17, 15) is 38.4 Å². The standard InChI is InChI=1S/C32H54N4O8P2S4/c1-3-4-13-47-27-7-8-28(27)48-14-5-6-26(40)25(36-32(44)12-10-30(42)34-16-23(39)18-46)20-50-49-19-24(21(2)37)35-31(43)11-9-29(41)33-15-22(38)17-45/h24-25,27-28H,3-20,45-46H2,1-2H3,(H,33,41)(H,34,42)(H,35,43)(H,36,44)/i17T,18T. The number of carbonyl (C=O) groups is 8. The minimum absolute atomic E-state index is 0.145. The summed E-state index contributed by atoms with van der Waals surface area (Å²) >= 11 is 3.93. The van der Waals surface area contributed by atoms with E-state index in [1.54, 1.807) is 0 Å². The SMILES string of the molecule is [3H]C(P)C(=O)CNC(=O)CCC(=O)NC(CSSCC(NC(=O)CCC(=O)NCC(=O)C([3H])P)C(=O)CCCSC1CCC1SCCCC)C(C)=O. The zero-order valence-corrected chi connectivity index (χ0v) is 34.4. The quantitative estimate of drug-likeness (QED) is 0.0473. The maximum absolute atomic E-state index is 13.3. The average molecular weight is 817 g/mol. The molecule has 4 N–H and O–H groups in total. The summed E-state index contributed by atoms with van der Waals surface area (Å²) in [5.74, 6) is -1.12. The predicted octanol–water partition coefficient (Wildman–Crippen LogP) is 2.75. The number of hydrogen-bond donors (Lipinski definition) is 4. The van der Waals surface area contributed by atoms with E-state index >= 15 is 0 Å². The Kier molecular flexibility index (Phi) is 24.5. The summed E-state index contributed by atoms with van der Waals surface area (Å²) in [4.78, 5) is 97.9. The normalized spacial score (nSPS) is 18.2. The molecule has 0 aromatic carbocycles. The molecule has 0 aromatic heterocycles. The number of carbonyl (C=O) groups excluding carboxylic acids is 8. The molecule has 0 radical (unpaired) electrons. The number of rotatable bonds is 30. The number of amides is 4. The van der Waals surface area contributed by atoms with E-state index in [4.69, 9.17) is 2.74 Å². The monoisotopic (exact) mass is 816 g/mol. The van der Waals surface area contributed by atoms with Crippen LogP contribution < -0.4 is 21.3 Å². The van der Waals surface area contributed by atoms with Crippen molar-refractivity contribution in [3.05, 3.63) is 0 Å². The van der Waals surface area contributed by atoms with E-state index in [0.29, 0.717) is 16.9 Å². The molecule has 12 nitrogen and oxygen atoms in total. The van der Waals surface area contributed by atoms with Crippen LogP contribution in [0.15, 0.2) is 0 Å². The van der Waals surface area contributed by atoms with Gasteiger partial charge in [0.1, 0.15) is 0 Å². The number of nitrogens with one attached hydrogen (secondary N) is 4. The second-order valence-corrected chi connectivity index (χ2v) is 17.5. The molecular formula is C32H54N4O8P2S4. The van der Waals surface area contributed by atoms with Gasteiger partial charge >= 0.3 is 0 Å². The number of hydrogen-bond acceptors (Lipinski definition) is 12. The molecule has 1 rings (SSSR count). The molecule has 0 bridgehead atoms. The zero-order valence-electron chi connectivity index (χ0n) is 30.8. The van der Waals surface area contributed by atoms with Crippen LogP contribution in [-0.4, -0.2) is 118 Å². The fraction of sp³-hybridized carbons (Fsp3) is 0.750. The van der Waals surface area contributed by atoms with Gasteiger partial charge in [0.05, 0.1) is 25.2 Å². The van der Waals surface area contributed by atoms with Crippen molar-refractivity contribution in [2.75, 3.05) is 48.4 Å². The van der Waals surface area contributed by atoms with Gasteiger partial charge in [-0.1, -0.05) is 34.9 Å². The lowest BCUT2D eigenvalue weighted by atomic mass is 9.99. The summed E-state index contributed by atoms with van der Waals surface area (Å²) in [7, 11) is 6.56. The first kappa shape index (κ1) is 43.2. The maximum Gasteiger partial charge on any atom is 0.221 e. The van der Waals surface area contributed by atoms with Gasteiger partial charge in [-0.25, -0.2) is 0 Å². The van der Waals surface area contributed by atoms with Gasteiger partial charge in [-0.3, -0.25) is 38.4 Å². The minimum atomic E-state index is -1.05. The van der Waals surface area contributed by atoms with Crippen LogP contribution in [0.1, 0.15) is 80.8 Å². The van der Waals surface area contributed by atoms with Gasteiger partial charge in [0, 0.05) is 69.1 Å². The third-order valence-electron chi connectivity index (χ3n) is 7.43. The molecule has 0 heterocycles. The first-order valence-electron chi connectivity index (χ1n) is 17.8. The Bertz CT molecular complexity index is 1220. The molecule has 8 atom stereocenters. The van der Waals surface area contributed by atoms with Crippen LogP contribution in [0.2, 0.25) is 0 Å². The average Bonchev–Trinajstić information content (AvgIpc) is 3.09. The van der Waals surface area contributed by atoms with E-state index in [0.717, 1.165) is 5.75 Å². The van der Waals surface area contributed by atoms with Gasteiger partial charge in [0.15, 0.2) is 23.1 Å². The third-order valence-corrected chi connectivity index (χ3v) is 13.8. The van der Waals surface area contributed by atoms with E-state index < -0.39 is 59.6 Å². The number of thioether (sulfide) groups is 2. The minimum Gasteiger partial charge on any atom is -0.349 e. The molecule has 284 valence electrons. The van der Waals surface area contributed by atoms with Gasteiger partial charge in [0.2, 0.25) is 23.6 Å².